The van der Waals surface area contributed by atoms with Gasteiger partial charge < -0.3 is 29.8 Å². The lowest BCUT2D eigenvalue weighted by atomic mass is 10.1. The second-order valence-electron chi connectivity index (χ2n) is 8.65. The number of piperazine rings is 1. The molecule has 0 spiro atoms. The number of fused-ring (bicyclic) bond motifs is 2. The van der Waals surface area contributed by atoms with Gasteiger partial charge in [0.2, 0.25) is 0 Å². The average Bonchev–Trinajstić information content (AvgIpc) is 3.54. The molecule has 166 valence electrons. The molecule has 0 aliphatic carbocycles. The number of rotatable bonds is 4. The van der Waals surface area contributed by atoms with Crippen molar-refractivity contribution >= 4 is 44.0 Å². The van der Waals surface area contributed by atoms with Crippen LogP contribution in [0.1, 0.15) is 6.42 Å². The highest BCUT2D eigenvalue weighted by molar-refractivity contribution is 7.16. The molecule has 1 atom stereocenters. The summed E-state index contributed by atoms with van der Waals surface area (Å²) < 4.78 is 5.55. The molecule has 3 aromatic heterocycles. The van der Waals surface area contributed by atoms with Crippen LogP contribution >= 0.6 is 11.3 Å². The summed E-state index contributed by atoms with van der Waals surface area (Å²) in [6.45, 7) is 5.52. The number of nitrogens with one attached hydrogen (secondary N) is 3. The van der Waals surface area contributed by atoms with E-state index in [2.05, 4.69) is 44.3 Å². The van der Waals surface area contributed by atoms with Crippen LogP contribution in [0.2, 0.25) is 0 Å². The van der Waals surface area contributed by atoms with Crippen LogP contribution in [0.3, 0.4) is 0 Å². The lowest BCUT2D eigenvalue weighted by Gasteiger charge is -2.34. The van der Waals surface area contributed by atoms with Crippen molar-refractivity contribution in [3.05, 3.63) is 40.0 Å². The van der Waals surface area contributed by atoms with Gasteiger partial charge >= 0.3 is 0 Å². The molecule has 0 bridgehead atoms. The van der Waals surface area contributed by atoms with Gasteiger partial charge in [0.15, 0.2) is 0 Å². The van der Waals surface area contributed by atoms with Crippen LogP contribution in [0, 0.1) is 0 Å². The summed E-state index contributed by atoms with van der Waals surface area (Å²) in [7, 11) is 2.16. The summed E-state index contributed by atoms with van der Waals surface area (Å²) in [5, 5.41) is 6.59. The third-order valence-corrected chi connectivity index (χ3v) is 7.32. The van der Waals surface area contributed by atoms with Crippen molar-refractivity contribution in [3.63, 3.8) is 0 Å². The van der Waals surface area contributed by atoms with Crippen molar-refractivity contribution in [2.75, 3.05) is 56.7 Å². The summed E-state index contributed by atoms with van der Waals surface area (Å²) in [6, 6.07) is 8.54. The number of hydrogen-bond donors (Lipinski definition) is 3. The maximum Gasteiger partial charge on any atom is 0.262 e. The van der Waals surface area contributed by atoms with Gasteiger partial charge in [-0.05, 0) is 43.1 Å². The minimum atomic E-state index is -0.139. The predicted octanol–water partition coefficient (Wildman–Crippen LogP) is 3.09. The molecular weight excluding hydrogens is 424 g/mol. The first-order chi connectivity index (χ1) is 15.7. The quantitative estimate of drug-likeness (QED) is 0.443. The number of aromatic amines is 2. The number of benzene rings is 1. The molecule has 2 fully saturated rings. The molecule has 5 heterocycles. The fraction of sp³-hybridized carbons (Fsp3) is 0.391. The molecule has 9 heteroatoms. The molecule has 3 N–H and O–H groups in total. The topological polar surface area (TPSA) is 89.3 Å². The van der Waals surface area contributed by atoms with Crippen molar-refractivity contribution in [1.29, 1.82) is 0 Å². The highest BCUT2D eigenvalue weighted by Crippen LogP contribution is 2.34. The normalized spacial score (nSPS) is 19.9. The molecule has 0 amide bonds. The number of anilines is 2. The molecule has 0 unspecified atom stereocenters. The monoisotopic (exact) mass is 450 g/mol. The van der Waals surface area contributed by atoms with Gasteiger partial charge in [0.25, 0.3) is 5.56 Å². The minimum Gasteiger partial charge on any atom is -0.379 e. The zero-order valence-electron chi connectivity index (χ0n) is 18.0. The van der Waals surface area contributed by atoms with Gasteiger partial charge in [-0.25, -0.2) is 4.98 Å². The Bertz CT molecular complexity index is 1330. The fourth-order valence-electron chi connectivity index (χ4n) is 4.62. The van der Waals surface area contributed by atoms with Crippen LogP contribution in [0.5, 0.6) is 0 Å². The van der Waals surface area contributed by atoms with Gasteiger partial charge in [-0.2, -0.15) is 0 Å². The minimum absolute atomic E-state index is 0.139. The first-order valence-electron chi connectivity index (χ1n) is 11.1. The third-order valence-electron chi connectivity index (χ3n) is 6.49. The Labute approximate surface area is 189 Å². The molecule has 4 aromatic rings. The van der Waals surface area contributed by atoms with E-state index in [9.17, 15) is 4.79 Å². The summed E-state index contributed by atoms with van der Waals surface area (Å²) in [6.07, 6.45) is 0.923. The third kappa shape index (κ3) is 3.46. The van der Waals surface area contributed by atoms with E-state index in [0.717, 1.165) is 66.1 Å². The van der Waals surface area contributed by atoms with E-state index in [0.29, 0.717) is 18.0 Å². The lowest BCUT2D eigenvalue weighted by Crippen LogP contribution is -2.44. The number of hydrogen-bond acceptors (Lipinski definition) is 7. The number of ether oxygens (including phenoxy) is 1. The van der Waals surface area contributed by atoms with Gasteiger partial charge in [-0.3, -0.25) is 4.79 Å². The molecule has 0 radical (unpaired) electrons. The lowest BCUT2D eigenvalue weighted by molar-refractivity contribution is 0.195. The van der Waals surface area contributed by atoms with Crippen LogP contribution in [0.4, 0.5) is 11.4 Å². The van der Waals surface area contributed by atoms with Gasteiger partial charge in [-0.1, -0.05) is 0 Å². The molecule has 1 aromatic carbocycles. The van der Waals surface area contributed by atoms with E-state index in [1.807, 2.05) is 17.5 Å². The highest BCUT2D eigenvalue weighted by atomic mass is 32.1. The number of nitrogens with zero attached hydrogens (tertiary/aromatic N) is 3. The van der Waals surface area contributed by atoms with E-state index in [4.69, 9.17) is 9.72 Å². The molecule has 32 heavy (non-hydrogen) atoms. The number of likely N-dealkylation sites (N-methyl/N-ethyl adjacent to an activating group) is 1. The van der Waals surface area contributed by atoms with Crippen molar-refractivity contribution in [2.24, 2.45) is 0 Å². The number of pyridine rings is 1. The first-order valence-corrected chi connectivity index (χ1v) is 11.9. The van der Waals surface area contributed by atoms with Crippen molar-refractivity contribution in [1.82, 2.24) is 19.9 Å². The first kappa shape index (κ1) is 19.8. The number of thiophene rings is 1. The molecule has 2 aliphatic heterocycles. The Kier molecular flexibility index (Phi) is 4.89. The van der Waals surface area contributed by atoms with Crippen LogP contribution < -0.4 is 15.8 Å². The van der Waals surface area contributed by atoms with Gasteiger partial charge in [-0.15, -0.1) is 11.3 Å². The fourth-order valence-corrected chi connectivity index (χ4v) is 5.41. The Hall–Kier alpha value is -2.88. The Morgan fingerprint density at radius 1 is 1.19 bits per heavy atom. The second-order valence-corrected chi connectivity index (χ2v) is 9.57. The summed E-state index contributed by atoms with van der Waals surface area (Å²) in [5.41, 5.74) is 4.23. The average molecular weight is 451 g/mol. The van der Waals surface area contributed by atoms with Gasteiger partial charge in [0, 0.05) is 43.9 Å². The largest absolute Gasteiger partial charge is 0.379 e. The van der Waals surface area contributed by atoms with E-state index in [-0.39, 0.29) is 11.6 Å². The Morgan fingerprint density at radius 3 is 2.88 bits per heavy atom. The maximum atomic E-state index is 13.2. The van der Waals surface area contributed by atoms with Gasteiger partial charge in [0.05, 0.1) is 29.4 Å². The zero-order chi connectivity index (χ0) is 21.7. The predicted molar refractivity (Wildman–Crippen MR) is 130 cm³/mol. The SMILES string of the molecule is CN1CCN(c2ccc3nc(-c4c(N[C@@H]5CCOC5)c5ccsc5[nH]c4=O)[nH]c3c2)CC1. The van der Waals surface area contributed by atoms with Crippen molar-refractivity contribution in [3.8, 4) is 11.4 Å². The highest BCUT2D eigenvalue weighted by Gasteiger charge is 2.23. The summed E-state index contributed by atoms with van der Waals surface area (Å²) >= 11 is 1.53. The van der Waals surface area contributed by atoms with Crippen LogP contribution in [-0.4, -0.2) is 72.3 Å². The van der Waals surface area contributed by atoms with E-state index in [1.54, 1.807) is 0 Å². The van der Waals surface area contributed by atoms with Crippen LogP contribution in [0.25, 0.3) is 32.6 Å². The summed E-state index contributed by atoms with van der Waals surface area (Å²) in [5.74, 6) is 0.589. The zero-order valence-corrected chi connectivity index (χ0v) is 18.8. The van der Waals surface area contributed by atoms with E-state index in [1.165, 1.54) is 17.0 Å². The Morgan fingerprint density at radius 2 is 2.06 bits per heavy atom. The van der Waals surface area contributed by atoms with Gasteiger partial charge in [0.1, 0.15) is 16.2 Å². The molecule has 2 aliphatic rings. The second kappa shape index (κ2) is 7.91. The standard InChI is InChI=1S/C23H26N6O2S/c1-28-6-8-29(9-7-28)15-2-3-17-18(12-15)26-21(25-17)19-20(24-14-4-10-31-13-14)16-5-11-32-23(16)27-22(19)30/h2-3,5,11-12,14H,4,6-10,13H2,1H3,(H,25,26)(H2,24,27,30)/t14-/m1/s1. The van der Waals surface area contributed by atoms with Crippen LogP contribution in [-0.2, 0) is 4.74 Å². The van der Waals surface area contributed by atoms with E-state index >= 15 is 0 Å². The van der Waals surface area contributed by atoms with Crippen LogP contribution in [0.15, 0.2) is 34.4 Å². The van der Waals surface area contributed by atoms with E-state index < -0.39 is 0 Å². The van der Waals surface area contributed by atoms with Crippen molar-refractivity contribution < 1.29 is 4.74 Å². The van der Waals surface area contributed by atoms with Crippen molar-refractivity contribution in [2.45, 2.75) is 12.5 Å². The Balaban J connectivity index is 1.43. The molecular formula is C23H26N6O2S. The maximum absolute atomic E-state index is 13.2. The smallest absolute Gasteiger partial charge is 0.262 e. The molecule has 2 saturated heterocycles. The number of aromatic nitrogens is 3. The molecule has 0 saturated carbocycles. The molecule has 6 rings (SSSR count). The number of imidazole rings is 1. The summed E-state index contributed by atoms with van der Waals surface area (Å²) in [4.78, 5) is 30.0. The number of H-pyrrole nitrogens is 2. The molecule has 8 nitrogen and oxygen atoms in total.